The van der Waals surface area contributed by atoms with Crippen molar-refractivity contribution < 1.29 is 24.1 Å². The Morgan fingerprint density at radius 2 is 1.93 bits per heavy atom. The second-order valence-corrected chi connectivity index (χ2v) is 4.07. The van der Waals surface area contributed by atoms with Crippen LogP contribution in [0.3, 0.4) is 0 Å². The van der Waals surface area contributed by atoms with Gasteiger partial charge < -0.3 is 24.1 Å². The summed E-state index contributed by atoms with van der Waals surface area (Å²) >= 11 is 0. The third-order valence-corrected chi connectivity index (χ3v) is 2.47. The SMILES string of the molecule is COC1OC[C@H](O)[C@H]2OC(C)(C)O[C@@H]12. The second-order valence-electron chi connectivity index (χ2n) is 4.07. The molecule has 1 N–H and O–H groups in total. The predicted octanol–water partition coefficient (Wildman–Crippen LogP) is -0.130. The van der Waals surface area contributed by atoms with Gasteiger partial charge in [0, 0.05) is 7.11 Å². The highest BCUT2D eigenvalue weighted by Crippen LogP contribution is 2.35. The lowest BCUT2D eigenvalue weighted by Gasteiger charge is -2.33. The highest BCUT2D eigenvalue weighted by atomic mass is 16.8. The topological polar surface area (TPSA) is 57.2 Å². The predicted molar refractivity (Wildman–Crippen MR) is 46.6 cm³/mol. The lowest BCUT2D eigenvalue weighted by atomic mass is 10.1. The zero-order chi connectivity index (χ0) is 10.3. The maximum atomic E-state index is 9.64. The molecular weight excluding hydrogens is 188 g/mol. The number of ether oxygens (including phenoxy) is 4. The third kappa shape index (κ3) is 1.66. The van der Waals surface area contributed by atoms with Crippen molar-refractivity contribution in [2.24, 2.45) is 0 Å². The molecule has 0 aromatic heterocycles. The average molecular weight is 204 g/mol. The fourth-order valence-corrected chi connectivity index (χ4v) is 1.91. The monoisotopic (exact) mass is 204 g/mol. The number of hydrogen-bond donors (Lipinski definition) is 1. The largest absolute Gasteiger partial charge is 0.388 e. The molecular formula is C9H16O5. The lowest BCUT2D eigenvalue weighted by Crippen LogP contribution is -2.51. The smallest absolute Gasteiger partial charge is 0.186 e. The first-order valence-electron chi connectivity index (χ1n) is 4.71. The van der Waals surface area contributed by atoms with Crippen LogP contribution in [0.5, 0.6) is 0 Å². The summed E-state index contributed by atoms with van der Waals surface area (Å²) in [6.07, 6.45) is -1.80. The van der Waals surface area contributed by atoms with E-state index < -0.39 is 18.2 Å². The fourth-order valence-electron chi connectivity index (χ4n) is 1.91. The quantitative estimate of drug-likeness (QED) is 0.644. The molecule has 0 aliphatic carbocycles. The third-order valence-electron chi connectivity index (χ3n) is 2.47. The van der Waals surface area contributed by atoms with Gasteiger partial charge >= 0.3 is 0 Å². The van der Waals surface area contributed by atoms with Crippen LogP contribution in [0.1, 0.15) is 13.8 Å². The first-order chi connectivity index (χ1) is 6.53. The summed E-state index contributed by atoms with van der Waals surface area (Å²) in [6.45, 7) is 3.84. The van der Waals surface area contributed by atoms with E-state index in [4.69, 9.17) is 18.9 Å². The fraction of sp³-hybridized carbons (Fsp3) is 1.00. The van der Waals surface area contributed by atoms with Crippen molar-refractivity contribution in [3.8, 4) is 0 Å². The minimum Gasteiger partial charge on any atom is -0.388 e. The van der Waals surface area contributed by atoms with E-state index in [1.165, 1.54) is 0 Å². The van der Waals surface area contributed by atoms with Gasteiger partial charge in [-0.1, -0.05) is 0 Å². The molecule has 0 bridgehead atoms. The lowest BCUT2D eigenvalue weighted by molar-refractivity contribution is -0.237. The van der Waals surface area contributed by atoms with E-state index in [-0.39, 0.29) is 18.8 Å². The summed E-state index contributed by atoms with van der Waals surface area (Å²) in [5.41, 5.74) is 0. The van der Waals surface area contributed by atoms with Gasteiger partial charge in [0.1, 0.15) is 18.3 Å². The molecule has 2 heterocycles. The van der Waals surface area contributed by atoms with Crippen molar-refractivity contribution >= 4 is 0 Å². The molecule has 0 amide bonds. The molecule has 0 aromatic rings. The number of methoxy groups -OCH3 is 1. The maximum Gasteiger partial charge on any atom is 0.186 e. The molecule has 14 heavy (non-hydrogen) atoms. The zero-order valence-electron chi connectivity index (χ0n) is 8.60. The normalized spacial score (nSPS) is 46.3. The van der Waals surface area contributed by atoms with Gasteiger partial charge in [-0.15, -0.1) is 0 Å². The molecule has 4 atom stereocenters. The van der Waals surface area contributed by atoms with E-state index >= 15 is 0 Å². The standard InChI is InChI=1S/C9H16O5/c1-9(2)13-6-5(10)4-12-8(11-3)7(6)14-9/h5-8,10H,4H2,1-3H3/t5-,6+,7+,8?/m0/s1. The summed E-state index contributed by atoms with van der Waals surface area (Å²) in [7, 11) is 1.55. The van der Waals surface area contributed by atoms with Gasteiger partial charge in [-0.05, 0) is 13.8 Å². The number of aliphatic hydroxyl groups excluding tert-OH is 1. The van der Waals surface area contributed by atoms with Crippen molar-refractivity contribution in [1.29, 1.82) is 0 Å². The Balaban J connectivity index is 2.14. The Morgan fingerprint density at radius 1 is 1.29 bits per heavy atom. The number of aliphatic hydroxyl groups is 1. The molecule has 0 radical (unpaired) electrons. The van der Waals surface area contributed by atoms with Gasteiger partial charge in [-0.2, -0.15) is 0 Å². The van der Waals surface area contributed by atoms with Crippen molar-refractivity contribution in [2.45, 2.75) is 44.2 Å². The number of fused-ring (bicyclic) bond motifs is 1. The Kier molecular flexibility index (Phi) is 2.53. The van der Waals surface area contributed by atoms with Crippen molar-refractivity contribution in [3.63, 3.8) is 0 Å². The van der Waals surface area contributed by atoms with Crippen molar-refractivity contribution in [1.82, 2.24) is 0 Å². The summed E-state index contributed by atoms with van der Waals surface area (Å²) < 4.78 is 21.5. The van der Waals surface area contributed by atoms with Gasteiger partial charge in [0.25, 0.3) is 0 Å². The minimum atomic E-state index is -0.680. The van der Waals surface area contributed by atoms with Crippen LogP contribution in [0.25, 0.3) is 0 Å². The molecule has 82 valence electrons. The molecule has 0 saturated carbocycles. The Hall–Kier alpha value is -0.200. The number of hydrogen-bond acceptors (Lipinski definition) is 5. The van der Waals surface area contributed by atoms with E-state index in [1.807, 2.05) is 13.8 Å². The first-order valence-corrected chi connectivity index (χ1v) is 4.71. The van der Waals surface area contributed by atoms with Gasteiger partial charge in [-0.25, -0.2) is 0 Å². The van der Waals surface area contributed by atoms with E-state index in [2.05, 4.69) is 0 Å². The van der Waals surface area contributed by atoms with Crippen LogP contribution in [0.15, 0.2) is 0 Å². The number of rotatable bonds is 1. The minimum absolute atomic E-state index is 0.221. The summed E-state index contributed by atoms with van der Waals surface area (Å²) in [4.78, 5) is 0. The highest BCUT2D eigenvalue weighted by Gasteiger charge is 2.51. The van der Waals surface area contributed by atoms with Crippen LogP contribution in [-0.4, -0.2) is 49.2 Å². The molecule has 1 unspecified atom stereocenters. The van der Waals surface area contributed by atoms with Crippen LogP contribution in [0.2, 0.25) is 0 Å². The highest BCUT2D eigenvalue weighted by molar-refractivity contribution is 4.91. The van der Waals surface area contributed by atoms with Crippen LogP contribution in [0.4, 0.5) is 0 Å². The molecule has 0 aromatic carbocycles. The van der Waals surface area contributed by atoms with Crippen LogP contribution in [0, 0.1) is 0 Å². The van der Waals surface area contributed by atoms with E-state index in [0.29, 0.717) is 0 Å². The first kappa shape index (κ1) is 10.3. The average Bonchev–Trinajstić information content (AvgIpc) is 2.42. The van der Waals surface area contributed by atoms with Gasteiger partial charge in [0.05, 0.1) is 6.61 Å². The Labute approximate surface area is 82.9 Å². The molecule has 2 rings (SSSR count). The van der Waals surface area contributed by atoms with Crippen LogP contribution in [-0.2, 0) is 18.9 Å². The molecule has 5 heteroatoms. The second kappa shape index (κ2) is 3.43. The molecule has 2 saturated heterocycles. The van der Waals surface area contributed by atoms with Gasteiger partial charge in [0.15, 0.2) is 12.1 Å². The molecule has 2 aliphatic heterocycles. The van der Waals surface area contributed by atoms with Crippen molar-refractivity contribution in [3.05, 3.63) is 0 Å². The summed E-state index contributed by atoms with van der Waals surface area (Å²) in [5, 5.41) is 9.64. The molecule has 5 nitrogen and oxygen atoms in total. The van der Waals surface area contributed by atoms with E-state index in [9.17, 15) is 5.11 Å². The molecule has 2 fully saturated rings. The Bertz CT molecular complexity index is 217. The zero-order valence-corrected chi connectivity index (χ0v) is 8.60. The van der Waals surface area contributed by atoms with Crippen molar-refractivity contribution in [2.75, 3.05) is 13.7 Å². The van der Waals surface area contributed by atoms with E-state index in [0.717, 1.165) is 0 Å². The maximum absolute atomic E-state index is 9.64. The van der Waals surface area contributed by atoms with Gasteiger partial charge in [-0.3, -0.25) is 0 Å². The summed E-state index contributed by atoms with van der Waals surface area (Å²) in [6, 6.07) is 0. The summed E-state index contributed by atoms with van der Waals surface area (Å²) in [5.74, 6) is -0.680. The van der Waals surface area contributed by atoms with Crippen LogP contribution < -0.4 is 0 Å². The van der Waals surface area contributed by atoms with Gasteiger partial charge in [0.2, 0.25) is 0 Å². The molecule has 0 spiro atoms. The Morgan fingerprint density at radius 3 is 2.57 bits per heavy atom. The van der Waals surface area contributed by atoms with Crippen LogP contribution >= 0.6 is 0 Å². The molecule has 2 aliphatic rings. The van der Waals surface area contributed by atoms with E-state index in [1.54, 1.807) is 7.11 Å².